The molecular weight excluding hydrogens is 510 g/mol. The first-order valence-corrected chi connectivity index (χ1v) is 13.6. The van der Waals surface area contributed by atoms with E-state index < -0.39 is 0 Å². The van der Waals surface area contributed by atoms with Crippen LogP contribution >= 0.6 is 0 Å². The van der Waals surface area contributed by atoms with Crippen molar-refractivity contribution in [3.63, 3.8) is 0 Å². The highest BCUT2D eigenvalue weighted by Gasteiger charge is 2.35. The number of likely N-dealkylation sites (tertiary alicyclic amines) is 1. The molecule has 6 rings (SSSR count). The Morgan fingerprint density at radius 1 is 1.12 bits per heavy atom. The van der Waals surface area contributed by atoms with Crippen LogP contribution in [-0.4, -0.2) is 73.8 Å². The summed E-state index contributed by atoms with van der Waals surface area (Å²) in [6, 6.07) is 15.3. The summed E-state index contributed by atoms with van der Waals surface area (Å²) in [5.41, 5.74) is 2.51. The molecule has 4 bridgehead atoms. The number of nitrogens with zero attached hydrogens (tertiary/aromatic N) is 6. The number of hydrogen-bond acceptors (Lipinski definition) is 8. The van der Waals surface area contributed by atoms with E-state index in [0.717, 1.165) is 31.0 Å². The number of fused-ring (bicyclic) bond motifs is 5. The normalized spacial score (nSPS) is 19.9. The average Bonchev–Trinajstić information content (AvgIpc) is 3.73. The Kier molecular flexibility index (Phi) is 8.01. The van der Waals surface area contributed by atoms with Crippen molar-refractivity contribution in [1.29, 1.82) is 0 Å². The van der Waals surface area contributed by atoms with Gasteiger partial charge in [0, 0.05) is 50.6 Å². The van der Waals surface area contributed by atoms with Crippen molar-refractivity contribution in [3.05, 3.63) is 90.3 Å². The van der Waals surface area contributed by atoms with E-state index in [2.05, 4.69) is 37.6 Å². The molecule has 2 atom stereocenters. The van der Waals surface area contributed by atoms with Gasteiger partial charge in [-0.1, -0.05) is 23.4 Å². The monoisotopic (exact) mass is 543 g/mol. The van der Waals surface area contributed by atoms with Crippen LogP contribution in [-0.2, 0) is 31.0 Å². The molecule has 1 saturated heterocycles. The van der Waals surface area contributed by atoms with E-state index in [0.29, 0.717) is 50.8 Å². The largest absolute Gasteiger partial charge is 0.494 e. The number of ether oxygens (including phenoxy) is 3. The maximum absolute atomic E-state index is 13.2. The highest BCUT2D eigenvalue weighted by molar-refractivity contribution is 5.94. The van der Waals surface area contributed by atoms with Gasteiger partial charge in [-0.15, -0.1) is 5.10 Å². The van der Waals surface area contributed by atoms with E-state index >= 15 is 0 Å². The molecule has 208 valence electrons. The molecule has 1 fully saturated rings. The van der Waals surface area contributed by atoms with Crippen molar-refractivity contribution in [2.75, 3.05) is 26.3 Å². The predicted molar refractivity (Wildman–Crippen MR) is 146 cm³/mol. The third-order valence-electron chi connectivity index (χ3n) is 7.09. The summed E-state index contributed by atoms with van der Waals surface area (Å²) < 4.78 is 21.9. The smallest absolute Gasteiger partial charge is 0.251 e. The average molecular weight is 544 g/mol. The number of imidazole rings is 1. The summed E-state index contributed by atoms with van der Waals surface area (Å²) in [7, 11) is 0. The van der Waals surface area contributed by atoms with Crippen LogP contribution < -0.4 is 14.8 Å². The van der Waals surface area contributed by atoms with Crippen LogP contribution in [0.4, 0.5) is 0 Å². The Hall–Kier alpha value is -4.22. The summed E-state index contributed by atoms with van der Waals surface area (Å²) in [5.74, 6) is 1.37. The van der Waals surface area contributed by atoms with Crippen LogP contribution in [0.3, 0.4) is 0 Å². The highest BCUT2D eigenvalue weighted by atomic mass is 16.5. The summed E-state index contributed by atoms with van der Waals surface area (Å²) >= 11 is 0. The number of carbonyl (C=O) groups excluding carboxylic acids is 1. The first kappa shape index (κ1) is 26.0. The first-order chi connectivity index (χ1) is 19.7. The van der Waals surface area contributed by atoms with Gasteiger partial charge >= 0.3 is 0 Å². The first-order valence-electron chi connectivity index (χ1n) is 13.6. The Morgan fingerprint density at radius 2 is 2.05 bits per heavy atom. The Balaban J connectivity index is 1.11. The molecule has 4 heterocycles. The fraction of sp³-hybridized carbons (Fsp3) is 0.379. The Morgan fingerprint density at radius 3 is 2.92 bits per heavy atom. The molecule has 0 radical (unpaired) electrons. The van der Waals surface area contributed by atoms with E-state index in [1.807, 2.05) is 52.0 Å². The van der Waals surface area contributed by atoms with Crippen molar-refractivity contribution >= 4 is 5.91 Å². The van der Waals surface area contributed by atoms with Gasteiger partial charge in [0.1, 0.15) is 23.8 Å². The van der Waals surface area contributed by atoms with E-state index in [9.17, 15) is 4.79 Å². The molecule has 11 nitrogen and oxygen atoms in total. The molecule has 11 heteroatoms. The van der Waals surface area contributed by atoms with Crippen molar-refractivity contribution in [2.45, 2.75) is 44.8 Å². The Labute approximate surface area is 232 Å². The van der Waals surface area contributed by atoms with Crippen molar-refractivity contribution < 1.29 is 19.0 Å². The minimum absolute atomic E-state index is 0.138. The molecule has 1 N–H and O–H groups in total. The van der Waals surface area contributed by atoms with Gasteiger partial charge in [0.05, 0.1) is 44.4 Å². The van der Waals surface area contributed by atoms with Crippen LogP contribution in [0.5, 0.6) is 11.5 Å². The number of aryl methyl sites for hydroxylation is 1. The lowest BCUT2D eigenvalue weighted by molar-refractivity contribution is 0.0293. The van der Waals surface area contributed by atoms with Gasteiger partial charge in [-0.2, -0.15) is 0 Å². The molecule has 0 spiro atoms. The number of carbonyl (C=O) groups is 1. The summed E-state index contributed by atoms with van der Waals surface area (Å²) in [6.07, 6.45) is 7.96. The SMILES string of the molecule is O=C1N[C@H]2CN(Cc3ccc(OCCn4ccnc4)cc3)C[C@@H]2OCc2cn(nn2)CCCOc2cccc1c2. The fourth-order valence-electron chi connectivity index (χ4n) is 5.03. The second-order valence-corrected chi connectivity index (χ2v) is 10.1. The van der Waals surface area contributed by atoms with Crippen LogP contribution in [0.15, 0.2) is 73.4 Å². The molecule has 4 aromatic rings. The van der Waals surface area contributed by atoms with E-state index in [-0.39, 0.29) is 18.1 Å². The van der Waals surface area contributed by atoms with Crippen LogP contribution in [0.2, 0.25) is 0 Å². The van der Waals surface area contributed by atoms with E-state index in [4.69, 9.17) is 14.2 Å². The van der Waals surface area contributed by atoms with Gasteiger partial charge in [-0.05, 0) is 35.9 Å². The minimum atomic E-state index is -0.188. The van der Waals surface area contributed by atoms with Crippen LogP contribution in [0.25, 0.3) is 0 Å². The van der Waals surface area contributed by atoms with Crippen LogP contribution in [0, 0.1) is 0 Å². The standard InChI is InChI=1S/C29H33N7O4/c37-29-23-3-1-4-26(15-23)38-13-2-10-36-17-24(32-33-36)20-40-28-19-35(18-27(28)31-29)16-22-5-7-25(8-6-22)39-14-12-34-11-9-30-21-34/h1,3-9,11,15,17,21,27-28H,2,10,12-14,16,18-20H2,(H,31,37)/t27-,28-/m0/s1. The minimum Gasteiger partial charge on any atom is -0.494 e. The van der Waals surface area contributed by atoms with Gasteiger partial charge in [-0.25, -0.2) is 4.98 Å². The van der Waals surface area contributed by atoms with Crippen molar-refractivity contribution in [1.82, 2.24) is 34.8 Å². The zero-order valence-corrected chi connectivity index (χ0v) is 22.3. The number of hydrogen-bond donors (Lipinski definition) is 1. The number of nitrogens with one attached hydrogen (secondary N) is 1. The van der Waals surface area contributed by atoms with Crippen LogP contribution in [0.1, 0.15) is 28.0 Å². The molecular formula is C29H33N7O4. The molecule has 2 aromatic heterocycles. The van der Waals surface area contributed by atoms with Gasteiger partial charge in [0.2, 0.25) is 0 Å². The zero-order chi connectivity index (χ0) is 27.1. The molecule has 40 heavy (non-hydrogen) atoms. The molecule has 0 saturated carbocycles. The van der Waals surface area contributed by atoms with Gasteiger partial charge in [-0.3, -0.25) is 14.4 Å². The lowest BCUT2D eigenvalue weighted by atomic mass is 10.1. The molecule has 2 aliphatic rings. The second-order valence-electron chi connectivity index (χ2n) is 10.1. The summed E-state index contributed by atoms with van der Waals surface area (Å²) in [4.78, 5) is 19.5. The quantitative estimate of drug-likeness (QED) is 0.395. The molecule has 2 aliphatic heterocycles. The zero-order valence-electron chi connectivity index (χ0n) is 22.3. The van der Waals surface area contributed by atoms with Gasteiger partial charge in [0.15, 0.2) is 0 Å². The number of benzene rings is 2. The van der Waals surface area contributed by atoms with Gasteiger partial charge < -0.3 is 24.1 Å². The van der Waals surface area contributed by atoms with Gasteiger partial charge in [0.25, 0.3) is 5.91 Å². The molecule has 1 amide bonds. The maximum atomic E-state index is 13.2. The molecule has 0 unspecified atom stereocenters. The second kappa shape index (κ2) is 12.3. The lowest BCUT2D eigenvalue weighted by Crippen LogP contribution is -2.44. The van der Waals surface area contributed by atoms with E-state index in [1.165, 1.54) is 5.56 Å². The summed E-state index contributed by atoms with van der Waals surface area (Å²) in [6.45, 7) is 4.97. The number of rotatable bonds is 6. The third-order valence-corrected chi connectivity index (χ3v) is 7.09. The topological polar surface area (TPSA) is 109 Å². The summed E-state index contributed by atoms with van der Waals surface area (Å²) in [5, 5.41) is 11.7. The molecule has 2 aromatic carbocycles. The third kappa shape index (κ3) is 6.67. The van der Waals surface area contributed by atoms with Crippen molar-refractivity contribution in [2.24, 2.45) is 0 Å². The highest BCUT2D eigenvalue weighted by Crippen LogP contribution is 2.21. The predicted octanol–water partition coefficient (Wildman–Crippen LogP) is 2.54. The maximum Gasteiger partial charge on any atom is 0.251 e. The molecule has 0 aliphatic carbocycles. The fourth-order valence-corrected chi connectivity index (χ4v) is 5.03. The number of amides is 1. The van der Waals surface area contributed by atoms with E-state index in [1.54, 1.807) is 18.6 Å². The lowest BCUT2D eigenvalue weighted by Gasteiger charge is -2.20. The Bertz CT molecular complexity index is 1390. The van der Waals surface area contributed by atoms with Crippen molar-refractivity contribution in [3.8, 4) is 11.5 Å². The number of aromatic nitrogens is 5.